The van der Waals surface area contributed by atoms with Crippen molar-refractivity contribution in [2.75, 3.05) is 6.61 Å². The molecule has 0 bridgehead atoms. The van der Waals surface area contributed by atoms with Gasteiger partial charge in [0.05, 0.1) is 6.04 Å². The minimum absolute atomic E-state index is 0.0614. The van der Waals surface area contributed by atoms with Crippen molar-refractivity contribution in [2.24, 2.45) is 0 Å². The van der Waals surface area contributed by atoms with Gasteiger partial charge in [0, 0.05) is 5.56 Å². The molecule has 2 aromatic rings. The Morgan fingerprint density at radius 2 is 1.77 bits per heavy atom. The molecular weight excluding hydrogens is 274 g/mol. The Hall–Kier alpha value is -2.29. The lowest BCUT2D eigenvalue weighted by molar-refractivity contribution is 0.0926. The summed E-state index contributed by atoms with van der Waals surface area (Å²) < 4.78 is 5.76. The summed E-state index contributed by atoms with van der Waals surface area (Å²) in [5, 5.41) is 2.97. The summed E-state index contributed by atoms with van der Waals surface area (Å²) >= 11 is 0. The molecule has 0 aliphatic carbocycles. The van der Waals surface area contributed by atoms with Crippen LogP contribution in [0.2, 0.25) is 0 Å². The predicted molar refractivity (Wildman–Crippen MR) is 89.5 cm³/mol. The Kier molecular flexibility index (Phi) is 5.21. The van der Waals surface area contributed by atoms with Gasteiger partial charge in [-0.05, 0) is 62.6 Å². The van der Waals surface area contributed by atoms with E-state index < -0.39 is 0 Å². The third-order valence-electron chi connectivity index (χ3n) is 3.73. The maximum atomic E-state index is 12.2. The number of rotatable bonds is 5. The first kappa shape index (κ1) is 16.1. The molecule has 0 radical (unpaired) electrons. The summed E-state index contributed by atoms with van der Waals surface area (Å²) in [5.41, 5.74) is 4.09. The molecule has 22 heavy (non-hydrogen) atoms. The van der Waals surface area contributed by atoms with Gasteiger partial charge in [0.25, 0.3) is 5.91 Å². The SMILES string of the molecule is Cc1ccc(C(=O)NC(C)COc2ccccc2C)cc1C. The Morgan fingerprint density at radius 3 is 2.45 bits per heavy atom. The third-order valence-corrected chi connectivity index (χ3v) is 3.73. The molecule has 1 N–H and O–H groups in total. The van der Waals surface area contributed by atoms with Crippen LogP contribution in [0, 0.1) is 20.8 Å². The van der Waals surface area contributed by atoms with E-state index in [9.17, 15) is 4.79 Å². The lowest BCUT2D eigenvalue weighted by Crippen LogP contribution is -2.36. The van der Waals surface area contributed by atoms with Crippen LogP contribution in [-0.2, 0) is 0 Å². The van der Waals surface area contributed by atoms with E-state index in [1.165, 1.54) is 5.56 Å². The maximum Gasteiger partial charge on any atom is 0.251 e. The van der Waals surface area contributed by atoms with E-state index in [0.29, 0.717) is 12.2 Å². The van der Waals surface area contributed by atoms with Gasteiger partial charge >= 0.3 is 0 Å². The number of benzene rings is 2. The fraction of sp³-hybridized carbons (Fsp3) is 0.316. The summed E-state index contributed by atoms with van der Waals surface area (Å²) in [6.45, 7) is 8.44. The fourth-order valence-electron chi connectivity index (χ4n) is 2.16. The quantitative estimate of drug-likeness (QED) is 0.911. The van der Waals surface area contributed by atoms with E-state index >= 15 is 0 Å². The van der Waals surface area contributed by atoms with Gasteiger partial charge in [-0.1, -0.05) is 24.3 Å². The number of nitrogens with one attached hydrogen (secondary N) is 1. The summed E-state index contributed by atoms with van der Waals surface area (Å²) in [4.78, 5) is 12.2. The van der Waals surface area contributed by atoms with Crippen LogP contribution in [0.25, 0.3) is 0 Å². The smallest absolute Gasteiger partial charge is 0.251 e. The largest absolute Gasteiger partial charge is 0.491 e. The standard InChI is InChI=1S/C19H23NO2/c1-13-9-10-17(11-15(13)3)19(21)20-16(4)12-22-18-8-6-5-7-14(18)2/h5-11,16H,12H2,1-4H3,(H,20,21). The lowest BCUT2D eigenvalue weighted by atomic mass is 10.1. The highest BCUT2D eigenvalue weighted by atomic mass is 16.5. The maximum absolute atomic E-state index is 12.2. The fourth-order valence-corrected chi connectivity index (χ4v) is 2.16. The second kappa shape index (κ2) is 7.12. The number of carbonyl (C=O) groups excluding carboxylic acids is 1. The number of hydrogen-bond acceptors (Lipinski definition) is 2. The zero-order valence-corrected chi connectivity index (χ0v) is 13.6. The molecule has 2 rings (SSSR count). The van der Waals surface area contributed by atoms with Crippen LogP contribution in [0.5, 0.6) is 5.75 Å². The highest BCUT2D eigenvalue weighted by Gasteiger charge is 2.11. The van der Waals surface area contributed by atoms with Crippen molar-refractivity contribution < 1.29 is 9.53 Å². The van der Waals surface area contributed by atoms with Crippen molar-refractivity contribution in [1.29, 1.82) is 0 Å². The molecule has 0 saturated heterocycles. The molecule has 3 heteroatoms. The van der Waals surface area contributed by atoms with E-state index in [-0.39, 0.29) is 11.9 Å². The van der Waals surface area contributed by atoms with E-state index in [2.05, 4.69) is 5.32 Å². The summed E-state index contributed by atoms with van der Waals surface area (Å²) in [6.07, 6.45) is 0. The normalized spacial score (nSPS) is 11.8. The van der Waals surface area contributed by atoms with Crippen molar-refractivity contribution in [3.63, 3.8) is 0 Å². The van der Waals surface area contributed by atoms with Crippen LogP contribution in [-0.4, -0.2) is 18.6 Å². The highest BCUT2D eigenvalue weighted by molar-refractivity contribution is 5.94. The first-order valence-corrected chi connectivity index (χ1v) is 7.54. The summed E-state index contributed by atoms with van der Waals surface area (Å²) in [7, 11) is 0. The summed E-state index contributed by atoms with van der Waals surface area (Å²) in [5.74, 6) is 0.791. The molecular formula is C19H23NO2. The monoisotopic (exact) mass is 297 g/mol. The van der Waals surface area contributed by atoms with Gasteiger partial charge < -0.3 is 10.1 Å². The van der Waals surface area contributed by atoms with Gasteiger partial charge in [-0.15, -0.1) is 0 Å². The average Bonchev–Trinajstić information content (AvgIpc) is 2.49. The summed E-state index contributed by atoms with van der Waals surface area (Å²) in [6, 6.07) is 13.5. The van der Waals surface area contributed by atoms with Crippen LogP contribution in [0.3, 0.4) is 0 Å². The second-order valence-corrected chi connectivity index (χ2v) is 5.75. The zero-order chi connectivity index (χ0) is 16.1. The van der Waals surface area contributed by atoms with Crippen molar-refractivity contribution in [3.8, 4) is 5.75 Å². The Morgan fingerprint density at radius 1 is 1.05 bits per heavy atom. The minimum atomic E-state index is -0.0658. The lowest BCUT2D eigenvalue weighted by Gasteiger charge is -2.16. The van der Waals surface area contributed by atoms with E-state index in [0.717, 1.165) is 16.9 Å². The number of amides is 1. The number of hydrogen-bond donors (Lipinski definition) is 1. The topological polar surface area (TPSA) is 38.3 Å². The molecule has 116 valence electrons. The molecule has 1 amide bonds. The molecule has 0 heterocycles. The van der Waals surface area contributed by atoms with Crippen LogP contribution in [0.4, 0.5) is 0 Å². The Bertz CT molecular complexity index is 664. The first-order valence-electron chi connectivity index (χ1n) is 7.54. The van der Waals surface area contributed by atoms with Crippen LogP contribution >= 0.6 is 0 Å². The molecule has 0 aliphatic rings. The van der Waals surface area contributed by atoms with Crippen molar-refractivity contribution >= 4 is 5.91 Å². The molecule has 0 aliphatic heterocycles. The zero-order valence-electron chi connectivity index (χ0n) is 13.6. The van der Waals surface area contributed by atoms with E-state index in [1.807, 2.05) is 70.2 Å². The van der Waals surface area contributed by atoms with Gasteiger partial charge in [-0.25, -0.2) is 0 Å². The van der Waals surface area contributed by atoms with Gasteiger partial charge in [0.2, 0.25) is 0 Å². The molecule has 0 aromatic heterocycles. The predicted octanol–water partition coefficient (Wildman–Crippen LogP) is 3.81. The van der Waals surface area contributed by atoms with Gasteiger partial charge in [0.1, 0.15) is 12.4 Å². The van der Waals surface area contributed by atoms with Crippen molar-refractivity contribution in [3.05, 3.63) is 64.7 Å². The van der Waals surface area contributed by atoms with Gasteiger partial charge in [-0.2, -0.15) is 0 Å². The van der Waals surface area contributed by atoms with E-state index in [4.69, 9.17) is 4.74 Å². The van der Waals surface area contributed by atoms with Gasteiger partial charge in [-0.3, -0.25) is 4.79 Å². The Labute approximate surface area is 132 Å². The second-order valence-electron chi connectivity index (χ2n) is 5.75. The molecule has 1 unspecified atom stereocenters. The van der Waals surface area contributed by atoms with Crippen LogP contribution < -0.4 is 10.1 Å². The Balaban J connectivity index is 1.91. The van der Waals surface area contributed by atoms with Crippen LogP contribution in [0.15, 0.2) is 42.5 Å². The average molecular weight is 297 g/mol. The van der Waals surface area contributed by atoms with E-state index in [1.54, 1.807) is 0 Å². The van der Waals surface area contributed by atoms with Crippen LogP contribution in [0.1, 0.15) is 34.0 Å². The molecule has 1 atom stereocenters. The molecule has 0 saturated carbocycles. The minimum Gasteiger partial charge on any atom is -0.491 e. The number of aryl methyl sites for hydroxylation is 3. The first-order chi connectivity index (χ1) is 10.5. The number of ether oxygens (including phenoxy) is 1. The highest BCUT2D eigenvalue weighted by Crippen LogP contribution is 2.16. The molecule has 0 spiro atoms. The van der Waals surface area contributed by atoms with Crippen molar-refractivity contribution in [2.45, 2.75) is 33.7 Å². The molecule has 2 aromatic carbocycles. The molecule has 3 nitrogen and oxygen atoms in total. The van der Waals surface area contributed by atoms with Gasteiger partial charge in [0.15, 0.2) is 0 Å². The molecule has 0 fully saturated rings. The number of carbonyl (C=O) groups is 1. The van der Waals surface area contributed by atoms with Crippen molar-refractivity contribution in [1.82, 2.24) is 5.32 Å². The number of para-hydroxylation sites is 1. The third kappa shape index (κ3) is 4.10.